The summed E-state index contributed by atoms with van der Waals surface area (Å²) in [5, 5.41) is 5.71. The monoisotopic (exact) mass is 534 g/mol. The molecule has 1 fully saturated rings. The smallest absolute Gasteiger partial charge is 0.378 e. The van der Waals surface area contributed by atoms with Crippen LogP contribution in [0.1, 0.15) is 44.9 Å². The molecule has 0 radical (unpaired) electrons. The second-order valence-corrected chi connectivity index (χ2v) is 11.1. The van der Waals surface area contributed by atoms with Gasteiger partial charge in [0.25, 0.3) is 0 Å². The van der Waals surface area contributed by atoms with Gasteiger partial charge in [0.1, 0.15) is 5.82 Å². The Bertz CT molecular complexity index is 1100. The van der Waals surface area contributed by atoms with Crippen LogP contribution in [0.5, 0.6) is 0 Å². The molecule has 2 amide bonds. The standard InChI is InChI=1S/C27H37F3N6O2/c1-26(2,3)10-4-11-31-25(37)32-20-7-5-19(6-8-20)23-33-22-17-35(18-27(28,29)30)12-9-21(22)24(34-23)36-13-15-38-16-14-36/h5-8H,4,9-18H2,1-3H3,(H2,31,32,37). The van der Waals surface area contributed by atoms with Gasteiger partial charge in [-0.2, -0.15) is 13.2 Å². The molecular weight excluding hydrogens is 497 g/mol. The number of carbonyl (C=O) groups excluding carboxylic acids is 1. The van der Waals surface area contributed by atoms with E-state index in [1.807, 2.05) is 12.1 Å². The molecule has 0 atom stereocenters. The number of halogens is 3. The highest BCUT2D eigenvalue weighted by atomic mass is 19.4. The molecule has 1 aromatic heterocycles. The zero-order valence-electron chi connectivity index (χ0n) is 22.3. The summed E-state index contributed by atoms with van der Waals surface area (Å²) >= 11 is 0. The lowest BCUT2D eigenvalue weighted by atomic mass is 9.91. The number of aromatic nitrogens is 2. The van der Waals surface area contributed by atoms with Crippen LogP contribution in [0.4, 0.5) is 29.5 Å². The lowest BCUT2D eigenvalue weighted by Crippen LogP contribution is -2.41. The van der Waals surface area contributed by atoms with Crippen LogP contribution in [0, 0.1) is 5.41 Å². The largest absolute Gasteiger partial charge is 0.401 e. The quantitative estimate of drug-likeness (QED) is 0.495. The van der Waals surface area contributed by atoms with Gasteiger partial charge >= 0.3 is 12.2 Å². The molecule has 2 aliphatic heterocycles. The van der Waals surface area contributed by atoms with Gasteiger partial charge in [-0.1, -0.05) is 20.8 Å². The Hall–Kier alpha value is -2.92. The fraction of sp³-hybridized carbons (Fsp3) is 0.593. The van der Waals surface area contributed by atoms with Crippen molar-refractivity contribution in [2.24, 2.45) is 5.41 Å². The summed E-state index contributed by atoms with van der Waals surface area (Å²) in [5.41, 5.74) is 3.13. The highest BCUT2D eigenvalue weighted by Gasteiger charge is 2.34. The fourth-order valence-electron chi connectivity index (χ4n) is 4.72. The maximum absolute atomic E-state index is 13.1. The maximum Gasteiger partial charge on any atom is 0.401 e. The molecule has 3 heterocycles. The molecule has 2 aliphatic rings. The molecule has 0 unspecified atom stereocenters. The maximum atomic E-state index is 13.1. The molecule has 0 aliphatic carbocycles. The zero-order chi connectivity index (χ0) is 27.3. The zero-order valence-corrected chi connectivity index (χ0v) is 22.3. The number of nitrogens with zero attached hydrogens (tertiary/aromatic N) is 4. The van der Waals surface area contributed by atoms with Crippen molar-refractivity contribution in [3.63, 3.8) is 0 Å². The van der Waals surface area contributed by atoms with Gasteiger partial charge in [-0.25, -0.2) is 14.8 Å². The Balaban J connectivity index is 1.49. The van der Waals surface area contributed by atoms with E-state index in [1.165, 1.54) is 4.90 Å². The Morgan fingerprint density at radius 3 is 2.42 bits per heavy atom. The summed E-state index contributed by atoms with van der Waals surface area (Å²) in [7, 11) is 0. The summed E-state index contributed by atoms with van der Waals surface area (Å²) in [5.74, 6) is 1.23. The number of anilines is 2. The molecule has 2 aromatic rings. The fourth-order valence-corrected chi connectivity index (χ4v) is 4.72. The Morgan fingerprint density at radius 1 is 1.05 bits per heavy atom. The van der Waals surface area contributed by atoms with Crippen LogP contribution in [-0.4, -0.2) is 73.0 Å². The van der Waals surface area contributed by atoms with Gasteiger partial charge in [-0.3, -0.25) is 4.90 Å². The lowest BCUT2D eigenvalue weighted by molar-refractivity contribution is -0.147. The predicted octanol–water partition coefficient (Wildman–Crippen LogP) is 4.85. The second kappa shape index (κ2) is 11.9. The van der Waals surface area contributed by atoms with E-state index < -0.39 is 12.7 Å². The molecule has 2 N–H and O–H groups in total. The lowest BCUT2D eigenvalue weighted by Gasteiger charge is -2.34. The van der Waals surface area contributed by atoms with Crippen molar-refractivity contribution in [3.05, 3.63) is 35.5 Å². The molecular formula is C27H37F3N6O2. The van der Waals surface area contributed by atoms with Gasteiger partial charge < -0.3 is 20.3 Å². The molecule has 208 valence electrons. The minimum Gasteiger partial charge on any atom is -0.378 e. The third kappa shape index (κ3) is 8.04. The molecule has 38 heavy (non-hydrogen) atoms. The van der Waals surface area contributed by atoms with E-state index >= 15 is 0 Å². The Labute approximate surface area is 222 Å². The van der Waals surface area contributed by atoms with E-state index in [2.05, 4.69) is 36.3 Å². The number of morpholine rings is 1. The Kier molecular flexibility index (Phi) is 8.77. The topological polar surface area (TPSA) is 82.6 Å². The van der Waals surface area contributed by atoms with Crippen LogP contribution in [0.25, 0.3) is 11.4 Å². The number of hydrogen-bond acceptors (Lipinski definition) is 6. The molecule has 0 bridgehead atoms. The first-order valence-corrected chi connectivity index (χ1v) is 13.1. The number of fused-ring (bicyclic) bond motifs is 1. The number of nitrogens with one attached hydrogen (secondary N) is 2. The summed E-state index contributed by atoms with van der Waals surface area (Å²) < 4.78 is 44.7. The van der Waals surface area contributed by atoms with E-state index in [1.54, 1.807) is 12.1 Å². The molecule has 1 saturated heterocycles. The van der Waals surface area contributed by atoms with Crippen LogP contribution < -0.4 is 15.5 Å². The summed E-state index contributed by atoms with van der Waals surface area (Å²) in [6.45, 7) is 9.07. The van der Waals surface area contributed by atoms with Crippen molar-refractivity contribution >= 4 is 17.5 Å². The van der Waals surface area contributed by atoms with E-state index in [-0.39, 0.29) is 18.0 Å². The van der Waals surface area contributed by atoms with Crippen LogP contribution in [0.2, 0.25) is 0 Å². The minimum absolute atomic E-state index is 0.122. The Morgan fingerprint density at radius 2 is 1.76 bits per heavy atom. The first-order chi connectivity index (χ1) is 18.0. The van der Waals surface area contributed by atoms with Crippen molar-refractivity contribution in [2.45, 2.75) is 52.8 Å². The number of carbonyl (C=O) groups is 1. The third-order valence-electron chi connectivity index (χ3n) is 6.63. The normalized spacial score (nSPS) is 16.7. The number of rotatable bonds is 7. The van der Waals surface area contributed by atoms with Crippen molar-refractivity contribution in [2.75, 3.05) is 56.2 Å². The van der Waals surface area contributed by atoms with Gasteiger partial charge in [0, 0.05) is 49.5 Å². The number of alkyl halides is 3. The number of urea groups is 1. The first-order valence-electron chi connectivity index (χ1n) is 13.1. The average Bonchev–Trinajstić information content (AvgIpc) is 2.85. The number of hydrogen-bond donors (Lipinski definition) is 2. The van der Waals surface area contributed by atoms with E-state index in [9.17, 15) is 18.0 Å². The van der Waals surface area contributed by atoms with Crippen LogP contribution in [0.3, 0.4) is 0 Å². The molecule has 0 spiro atoms. The van der Waals surface area contributed by atoms with Crippen LogP contribution >= 0.6 is 0 Å². The summed E-state index contributed by atoms with van der Waals surface area (Å²) in [6, 6.07) is 6.91. The highest BCUT2D eigenvalue weighted by Crippen LogP contribution is 2.31. The number of ether oxygens (including phenoxy) is 1. The molecule has 4 rings (SSSR count). The SMILES string of the molecule is CC(C)(C)CCCNC(=O)Nc1ccc(-c2nc3c(c(N4CCOCC4)n2)CCN(CC(F)(F)F)C3)cc1. The number of benzene rings is 1. The highest BCUT2D eigenvalue weighted by molar-refractivity contribution is 5.89. The van der Waals surface area contributed by atoms with Gasteiger partial charge in [-0.05, 0) is 48.9 Å². The van der Waals surface area contributed by atoms with Crippen molar-refractivity contribution < 1.29 is 22.7 Å². The second-order valence-electron chi connectivity index (χ2n) is 11.1. The van der Waals surface area contributed by atoms with E-state index in [0.717, 1.165) is 29.8 Å². The van der Waals surface area contributed by atoms with Gasteiger partial charge in [0.15, 0.2) is 5.82 Å². The van der Waals surface area contributed by atoms with E-state index in [4.69, 9.17) is 14.7 Å². The first kappa shape index (κ1) is 28.1. The summed E-state index contributed by atoms with van der Waals surface area (Å²) in [6.07, 6.45) is -1.88. The number of amides is 2. The van der Waals surface area contributed by atoms with Gasteiger partial charge in [-0.15, -0.1) is 0 Å². The van der Waals surface area contributed by atoms with Crippen LogP contribution in [0.15, 0.2) is 24.3 Å². The predicted molar refractivity (Wildman–Crippen MR) is 141 cm³/mol. The van der Waals surface area contributed by atoms with Crippen molar-refractivity contribution in [1.82, 2.24) is 20.2 Å². The van der Waals surface area contributed by atoms with Gasteiger partial charge in [0.2, 0.25) is 0 Å². The van der Waals surface area contributed by atoms with Crippen molar-refractivity contribution in [3.8, 4) is 11.4 Å². The third-order valence-corrected chi connectivity index (χ3v) is 6.63. The summed E-state index contributed by atoms with van der Waals surface area (Å²) in [4.78, 5) is 25.3. The molecule has 8 nitrogen and oxygen atoms in total. The van der Waals surface area contributed by atoms with E-state index in [0.29, 0.717) is 63.0 Å². The molecule has 1 aromatic carbocycles. The molecule has 0 saturated carbocycles. The minimum atomic E-state index is -4.26. The molecule has 11 heteroatoms. The average molecular weight is 535 g/mol. The van der Waals surface area contributed by atoms with Crippen LogP contribution in [-0.2, 0) is 17.7 Å². The van der Waals surface area contributed by atoms with Crippen molar-refractivity contribution in [1.29, 1.82) is 0 Å². The van der Waals surface area contributed by atoms with Gasteiger partial charge in [0.05, 0.1) is 25.5 Å².